The summed E-state index contributed by atoms with van der Waals surface area (Å²) in [5, 5.41) is 10.7. The second-order valence-electron chi connectivity index (χ2n) is 5.46. The lowest BCUT2D eigenvalue weighted by atomic mass is 10.1. The van der Waals surface area contributed by atoms with Crippen molar-refractivity contribution in [3.8, 4) is 5.75 Å². The molecule has 0 radical (unpaired) electrons. The third-order valence-electron chi connectivity index (χ3n) is 4.27. The summed E-state index contributed by atoms with van der Waals surface area (Å²) in [5.41, 5.74) is 1.62. The molecule has 0 unspecified atom stereocenters. The number of rotatable bonds is 2. The number of benzene rings is 1. The van der Waals surface area contributed by atoms with E-state index >= 15 is 0 Å². The fourth-order valence-corrected chi connectivity index (χ4v) is 2.90. The number of hydrogen-bond acceptors (Lipinski definition) is 5. The maximum atomic E-state index is 11.8. The molecule has 1 aromatic carbocycles. The van der Waals surface area contributed by atoms with Crippen LogP contribution in [0.1, 0.15) is 12.5 Å². The predicted molar refractivity (Wildman–Crippen MR) is 83.2 cm³/mol. The van der Waals surface area contributed by atoms with Crippen molar-refractivity contribution in [1.82, 2.24) is 4.90 Å². The molecule has 1 fully saturated rings. The molecule has 1 saturated heterocycles. The highest BCUT2D eigenvalue weighted by Crippen LogP contribution is 2.31. The van der Waals surface area contributed by atoms with Gasteiger partial charge in [0.1, 0.15) is 11.3 Å². The Morgan fingerprint density at radius 2 is 1.95 bits per heavy atom. The SMILES string of the molecule is CCN1CCN(c2cc(=O)oc3c(C)c(O)ccc23)CC1. The molecule has 1 aromatic heterocycles. The molecule has 5 nitrogen and oxygen atoms in total. The van der Waals surface area contributed by atoms with Gasteiger partial charge >= 0.3 is 5.63 Å². The van der Waals surface area contributed by atoms with Crippen LogP contribution in [0.4, 0.5) is 5.69 Å². The van der Waals surface area contributed by atoms with Crippen molar-refractivity contribution in [2.75, 3.05) is 37.6 Å². The van der Waals surface area contributed by atoms with E-state index in [2.05, 4.69) is 16.7 Å². The summed E-state index contributed by atoms with van der Waals surface area (Å²) in [5.74, 6) is 0.151. The lowest BCUT2D eigenvalue weighted by Crippen LogP contribution is -2.46. The highest BCUT2D eigenvalue weighted by molar-refractivity contribution is 5.93. The third kappa shape index (κ3) is 2.49. The van der Waals surface area contributed by atoms with E-state index in [0.29, 0.717) is 11.1 Å². The average Bonchev–Trinajstić information content (AvgIpc) is 2.51. The highest BCUT2D eigenvalue weighted by atomic mass is 16.4. The molecule has 3 rings (SSSR count). The zero-order valence-electron chi connectivity index (χ0n) is 12.4. The van der Waals surface area contributed by atoms with Crippen LogP contribution in [-0.4, -0.2) is 42.7 Å². The zero-order chi connectivity index (χ0) is 15.0. The first-order valence-corrected chi connectivity index (χ1v) is 7.34. The number of aromatic hydroxyl groups is 1. The Hall–Kier alpha value is -2.01. The topological polar surface area (TPSA) is 56.9 Å². The van der Waals surface area contributed by atoms with Gasteiger partial charge in [-0.3, -0.25) is 0 Å². The zero-order valence-corrected chi connectivity index (χ0v) is 12.4. The van der Waals surface area contributed by atoms with Gasteiger partial charge in [0, 0.05) is 43.2 Å². The molecule has 112 valence electrons. The summed E-state index contributed by atoms with van der Waals surface area (Å²) in [6.07, 6.45) is 0. The quantitative estimate of drug-likeness (QED) is 0.856. The minimum Gasteiger partial charge on any atom is -0.508 e. The summed E-state index contributed by atoms with van der Waals surface area (Å²) in [6.45, 7) is 8.76. The maximum absolute atomic E-state index is 11.8. The summed E-state index contributed by atoms with van der Waals surface area (Å²) < 4.78 is 5.29. The lowest BCUT2D eigenvalue weighted by molar-refractivity contribution is 0.271. The van der Waals surface area contributed by atoms with E-state index in [1.54, 1.807) is 19.1 Å². The molecule has 0 aliphatic carbocycles. The van der Waals surface area contributed by atoms with Crippen LogP contribution in [-0.2, 0) is 0 Å². The van der Waals surface area contributed by atoms with E-state index in [-0.39, 0.29) is 11.4 Å². The van der Waals surface area contributed by atoms with E-state index < -0.39 is 0 Å². The molecule has 2 aromatic rings. The van der Waals surface area contributed by atoms with Crippen molar-refractivity contribution in [2.45, 2.75) is 13.8 Å². The van der Waals surface area contributed by atoms with Crippen molar-refractivity contribution < 1.29 is 9.52 Å². The predicted octanol–water partition coefficient (Wildman–Crippen LogP) is 1.95. The Morgan fingerprint density at radius 3 is 2.62 bits per heavy atom. The van der Waals surface area contributed by atoms with Gasteiger partial charge in [-0.25, -0.2) is 4.79 Å². The molecule has 21 heavy (non-hydrogen) atoms. The number of anilines is 1. The minimum atomic E-state index is -0.371. The van der Waals surface area contributed by atoms with E-state index in [1.165, 1.54) is 0 Å². The van der Waals surface area contributed by atoms with Crippen molar-refractivity contribution in [3.63, 3.8) is 0 Å². The number of phenols is 1. The van der Waals surface area contributed by atoms with E-state index in [9.17, 15) is 9.90 Å². The first-order valence-electron chi connectivity index (χ1n) is 7.34. The molecule has 0 amide bonds. The van der Waals surface area contributed by atoms with Crippen molar-refractivity contribution >= 4 is 16.7 Å². The summed E-state index contributed by atoms with van der Waals surface area (Å²) >= 11 is 0. The molecule has 0 spiro atoms. The maximum Gasteiger partial charge on any atom is 0.338 e. The van der Waals surface area contributed by atoms with Crippen LogP contribution in [0.5, 0.6) is 5.75 Å². The van der Waals surface area contributed by atoms with Gasteiger partial charge in [0.15, 0.2) is 0 Å². The fourth-order valence-electron chi connectivity index (χ4n) is 2.90. The van der Waals surface area contributed by atoms with Crippen molar-refractivity contribution in [3.05, 3.63) is 34.2 Å². The third-order valence-corrected chi connectivity index (χ3v) is 4.27. The lowest BCUT2D eigenvalue weighted by Gasteiger charge is -2.35. The molecule has 1 aliphatic heterocycles. The number of likely N-dealkylation sites (N-methyl/N-ethyl adjacent to an activating group) is 1. The Morgan fingerprint density at radius 1 is 1.24 bits per heavy atom. The fraction of sp³-hybridized carbons (Fsp3) is 0.438. The van der Waals surface area contributed by atoms with Crippen LogP contribution in [0.25, 0.3) is 11.0 Å². The number of fused-ring (bicyclic) bond motifs is 1. The van der Waals surface area contributed by atoms with Crippen molar-refractivity contribution in [1.29, 1.82) is 0 Å². The number of aryl methyl sites for hydroxylation is 1. The van der Waals surface area contributed by atoms with Gasteiger partial charge in [-0.2, -0.15) is 0 Å². The molecule has 0 atom stereocenters. The number of phenolic OH excluding ortho intramolecular Hbond substituents is 1. The van der Waals surface area contributed by atoms with Crippen LogP contribution < -0.4 is 10.5 Å². The van der Waals surface area contributed by atoms with Gasteiger partial charge in [0.2, 0.25) is 0 Å². The molecule has 0 saturated carbocycles. The van der Waals surface area contributed by atoms with Crippen LogP contribution in [0.3, 0.4) is 0 Å². The van der Waals surface area contributed by atoms with Gasteiger partial charge < -0.3 is 19.3 Å². The van der Waals surface area contributed by atoms with Gasteiger partial charge in [-0.1, -0.05) is 6.92 Å². The second kappa shape index (κ2) is 5.41. The molecular weight excluding hydrogens is 268 g/mol. The van der Waals surface area contributed by atoms with Gasteiger partial charge in [0.05, 0.1) is 5.69 Å². The Kier molecular flexibility index (Phi) is 3.59. The smallest absolute Gasteiger partial charge is 0.338 e. The van der Waals surface area contributed by atoms with Gasteiger partial charge in [0.25, 0.3) is 0 Å². The molecular formula is C16H20N2O3. The normalized spacial score (nSPS) is 16.6. The van der Waals surface area contributed by atoms with Crippen LogP contribution in [0.15, 0.2) is 27.4 Å². The summed E-state index contributed by atoms with van der Waals surface area (Å²) in [6, 6.07) is 5.03. The van der Waals surface area contributed by atoms with Gasteiger partial charge in [-0.05, 0) is 25.6 Å². The summed E-state index contributed by atoms with van der Waals surface area (Å²) in [7, 11) is 0. The highest BCUT2D eigenvalue weighted by Gasteiger charge is 2.20. The van der Waals surface area contributed by atoms with Crippen LogP contribution >= 0.6 is 0 Å². The van der Waals surface area contributed by atoms with E-state index in [4.69, 9.17) is 4.42 Å². The molecule has 2 heterocycles. The first kappa shape index (κ1) is 13.9. The van der Waals surface area contributed by atoms with E-state index in [1.807, 2.05) is 6.07 Å². The average molecular weight is 288 g/mol. The number of piperazine rings is 1. The van der Waals surface area contributed by atoms with Crippen molar-refractivity contribution in [2.24, 2.45) is 0 Å². The monoisotopic (exact) mass is 288 g/mol. The largest absolute Gasteiger partial charge is 0.508 e. The second-order valence-corrected chi connectivity index (χ2v) is 5.46. The Bertz CT molecular complexity index is 715. The standard InChI is InChI=1S/C16H20N2O3/c1-3-17-6-8-18(9-7-17)13-10-15(20)21-16-11(2)14(19)5-4-12(13)16/h4-5,10,19H,3,6-9H2,1-2H3. The van der Waals surface area contributed by atoms with Gasteiger partial charge in [-0.15, -0.1) is 0 Å². The van der Waals surface area contributed by atoms with Crippen LogP contribution in [0.2, 0.25) is 0 Å². The minimum absolute atomic E-state index is 0.151. The number of nitrogens with zero attached hydrogens (tertiary/aromatic N) is 2. The van der Waals surface area contributed by atoms with E-state index in [0.717, 1.165) is 43.8 Å². The molecule has 1 aliphatic rings. The summed E-state index contributed by atoms with van der Waals surface area (Å²) in [4.78, 5) is 16.5. The molecule has 1 N–H and O–H groups in total. The number of hydrogen-bond donors (Lipinski definition) is 1. The Labute approximate surface area is 123 Å². The molecule has 0 bridgehead atoms. The first-order chi connectivity index (χ1) is 10.1. The Balaban J connectivity index is 2.07. The van der Waals surface area contributed by atoms with Crippen LogP contribution in [0, 0.1) is 6.92 Å². The molecule has 5 heteroatoms.